The van der Waals surface area contributed by atoms with E-state index in [-0.39, 0.29) is 0 Å². The largest absolute Gasteiger partial charge is 0.453 e. The van der Waals surface area contributed by atoms with Crippen molar-refractivity contribution in [2.45, 2.75) is 32.8 Å². The van der Waals surface area contributed by atoms with E-state index in [2.05, 4.69) is 0 Å². The Morgan fingerprint density at radius 3 is 1.67 bits per heavy atom. The molecule has 1 atom stereocenters. The molecular weight excluding hydrogens is 284 g/mol. The van der Waals surface area contributed by atoms with Gasteiger partial charge in [0, 0.05) is 0 Å². The Hall–Kier alpha value is -1.64. The molecule has 0 bridgehead atoms. The molecule has 0 rings (SSSR count). The first kappa shape index (κ1) is 19.4. The highest BCUT2D eigenvalue weighted by Gasteiger charge is 2.45. The van der Waals surface area contributed by atoms with Gasteiger partial charge in [0.25, 0.3) is 0 Å². The zero-order valence-corrected chi connectivity index (χ0v) is 12.0. The third kappa shape index (κ3) is 5.70. The van der Waals surface area contributed by atoms with Gasteiger partial charge in [-0.25, -0.2) is 0 Å². The van der Waals surface area contributed by atoms with Crippen LogP contribution in [-0.2, 0) is 23.9 Å². The molecule has 120 valence electrons. The molecule has 0 spiro atoms. The quantitative estimate of drug-likeness (QED) is 0.323. The molecule has 0 heterocycles. The molecule has 0 aromatic heterocycles. The number of carbonyl (C=O) groups is 4. The number of Topliss-reactive ketones (excluding diaryl/α,β-unsaturated/α-hetero) is 3. The summed E-state index contributed by atoms with van der Waals surface area (Å²) in [6, 6.07) is 0. The van der Waals surface area contributed by atoms with Crippen molar-refractivity contribution in [3.05, 3.63) is 0 Å². The van der Waals surface area contributed by atoms with E-state index in [1.165, 1.54) is 0 Å². The fourth-order valence-electron chi connectivity index (χ4n) is 1.65. The summed E-state index contributed by atoms with van der Waals surface area (Å²) in [7, 11) is 0. The van der Waals surface area contributed by atoms with E-state index in [1.54, 1.807) is 0 Å². The lowest BCUT2D eigenvalue weighted by Gasteiger charge is -2.34. The number of aliphatic hydroxyl groups is 3. The minimum atomic E-state index is -1.82. The number of hydrogen-bond donors (Lipinski definition) is 3. The van der Waals surface area contributed by atoms with Gasteiger partial charge in [-0.05, 0) is 13.8 Å². The third-order valence-corrected chi connectivity index (χ3v) is 2.86. The smallest absolute Gasteiger partial charge is 0.314 e. The Bertz CT molecular complexity index is 402. The zero-order valence-electron chi connectivity index (χ0n) is 12.0. The van der Waals surface area contributed by atoms with Crippen LogP contribution in [0, 0.1) is 5.41 Å². The number of hydrogen-bond acceptors (Lipinski definition) is 8. The Labute approximate surface area is 121 Å². The van der Waals surface area contributed by atoms with Crippen LogP contribution >= 0.6 is 0 Å². The molecule has 0 aromatic rings. The molecule has 0 unspecified atom stereocenters. The number of ketones is 3. The van der Waals surface area contributed by atoms with Crippen LogP contribution in [0.5, 0.6) is 0 Å². The maximum atomic E-state index is 12.0. The molecule has 0 fully saturated rings. The van der Waals surface area contributed by atoms with Crippen LogP contribution in [0.1, 0.15) is 26.7 Å². The van der Waals surface area contributed by atoms with Gasteiger partial charge in [-0.15, -0.1) is 0 Å². The summed E-state index contributed by atoms with van der Waals surface area (Å²) in [5.74, 6) is -2.91. The van der Waals surface area contributed by atoms with E-state index in [9.17, 15) is 34.5 Å². The lowest BCUT2D eigenvalue weighted by molar-refractivity contribution is -0.173. The fourth-order valence-corrected chi connectivity index (χ4v) is 1.65. The Morgan fingerprint density at radius 2 is 1.33 bits per heavy atom. The van der Waals surface area contributed by atoms with Crippen LogP contribution in [0.3, 0.4) is 0 Å². The molecule has 0 aliphatic carbocycles. The van der Waals surface area contributed by atoms with Crippen LogP contribution in [-0.4, -0.2) is 64.6 Å². The molecule has 0 amide bonds. The predicted octanol–water partition coefficient (Wildman–Crippen LogP) is -1.61. The van der Waals surface area contributed by atoms with Gasteiger partial charge in [-0.1, -0.05) is 0 Å². The Kier molecular flexibility index (Phi) is 7.93. The second-order valence-corrected chi connectivity index (χ2v) is 4.93. The molecule has 8 nitrogen and oxygen atoms in total. The highest BCUT2D eigenvalue weighted by Crippen LogP contribution is 2.25. The zero-order chi connectivity index (χ0) is 16.6. The van der Waals surface area contributed by atoms with Crippen molar-refractivity contribution in [1.82, 2.24) is 0 Å². The summed E-state index contributed by atoms with van der Waals surface area (Å²) in [5.41, 5.74) is -1.82. The number of rotatable bonds is 10. The molecule has 21 heavy (non-hydrogen) atoms. The minimum absolute atomic E-state index is 0.500. The fraction of sp³-hybridized carbons (Fsp3) is 0.692. The van der Waals surface area contributed by atoms with Gasteiger partial charge >= 0.3 is 5.97 Å². The summed E-state index contributed by atoms with van der Waals surface area (Å²) >= 11 is 0. The molecule has 0 saturated heterocycles. The van der Waals surface area contributed by atoms with Crippen molar-refractivity contribution in [2.24, 2.45) is 5.41 Å². The van der Waals surface area contributed by atoms with E-state index >= 15 is 0 Å². The van der Waals surface area contributed by atoms with Crippen molar-refractivity contribution in [2.75, 3.05) is 19.8 Å². The number of esters is 1. The monoisotopic (exact) mass is 304 g/mol. The van der Waals surface area contributed by atoms with E-state index in [1.807, 2.05) is 0 Å². The second kappa shape index (κ2) is 8.60. The van der Waals surface area contributed by atoms with Crippen molar-refractivity contribution in [1.29, 1.82) is 0 Å². The van der Waals surface area contributed by atoms with Gasteiger partial charge < -0.3 is 20.1 Å². The summed E-state index contributed by atoms with van der Waals surface area (Å²) < 4.78 is 4.82. The van der Waals surface area contributed by atoms with E-state index in [0.29, 0.717) is 0 Å². The molecule has 8 heteroatoms. The Morgan fingerprint density at radius 1 is 0.905 bits per heavy atom. The normalized spacial score (nSPS) is 12.6. The van der Waals surface area contributed by atoms with Gasteiger partial charge in [0.2, 0.25) is 0 Å². The summed E-state index contributed by atoms with van der Waals surface area (Å²) in [4.78, 5) is 45.4. The van der Waals surface area contributed by atoms with Gasteiger partial charge in [-0.2, -0.15) is 0 Å². The van der Waals surface area contributed by atoms with Gasteiger partial charge in [-0.3, -0.25) is 19.2 Å². The number of ether oxygens (including phenoxy) is 1. The molecule has 0 aliphatic heterocycles. The van der Waals surface area contributed by atoms with Crippen LogP contribution in [0.4, 0.5) is 0 Å². The van der Waals surface area contributed by atoms with Gasteiger partial charge in [0.1, 0.15) is 18.0 Å². The molecule has 0 aliphatic rings. The lowest BCUT2D eigenvalue weighted by atomic mass is 9.81. The predicted molar refractivity (Wildman–Crippen MR) is 69.2 cm³/mol. The first-order chi connectivity index (χ1) is 9.72. The van der Waals surface area contributed by atoms with E-state index < -0.39 is 67.5 Å². The van der Waals surface area contributed by atoms with Crippen molar-refractivity contribution in [3.8, 4) is 0 Å². The van der Waals surface area contributed by atoms with Gasteiger partial charge in [0.15, 0.2) is 11.9 Å². The van der Waals surface area contributed by atoms with Crippen molar-refractivity contribution in [3.63, 3.8) is 0 Å². The molecule has 0 saturated carbocycles. The summed E-state index contributed by atoms with van der Waals surface area (Å²) in [6.45, 7) is -0.249. The first-order valence-corrected chi connectivity index (χ1v) is 6.26. The highest BCUT2D eigenvalue weighted by atomic mass is 16.6. The van der Waals surface area contributed by atoms with E-state index in [4.69, 9.17) is 4.74 Å². The van der Waals surface area contributed by atoms with Crippen molar-refractivity contribution < 1.29 is 39.2 Å². The van der Waals surface area contributed by atoms with Crippen LogP contribution < -0.4 is 0 Å². The molecule has 0 radical (unpaired) electrons. The third-order valence-electron chi connectivity index (χ3n) is 2.86. The number of aliphatic hydroxyl groups excluding tert-OH is 3. The average molecular weight is 304 g/mol. The van der Waals surface area contributed by atoms with Crippen LogP contribution in [0.25, 0.3) is 0 Å². The maximum Gasteiger partial charge on any atom is 0.314 e. The maximum absolute atomic E-state index is 12.0. The van der Waals surface area contributed by atoms with E-state index in [0.717, 1.165) is 13.8 Å². The van der Waals surface area contributed by atoms with Crippen LogP contribution in [0.2, 0.25) is 0 Å². The molecule has 0 aromatic carbocycles. The SMILES string of the molecule is CC(=O)CC(=O)O[C@H](C(=O)CC(C)=O)C(CO)(CO)CO. The summed E-state index contributed by atoms with van der Waals surface area (Å²) in [6.07, 6.45) is -2.89. The summed E-state index contributed by atoms with van der Waals surface area (Å²) in [5, 5.41) is 27.9. The second-order valence-electron chi connectivity index (χ2n) is 4.93. The average Bonchev–Trinajstić information content (AvgIpc) is 2.38. The minimum Gasteiger partial charge on any atom is -0.453 e. The van der Waals surface area contributed by atoms with Crippen molar-refractivity contribution >= 4 is 23.3 Å². The number of carbonyl (C=O) groups excluding carboxylic acids is 4. The standard InChI is InChI=1S/C13H20O8/c1-8(17)3-10(19)12(13(5-14,6-15)7-16)21-11(20)4-9(2)18/h12,14-16H,3-7H2,1-2H3/t12-/m1/s1. The Balaban J connectivity index is 5.35. The van der Waals surface area contributed by atoms with Gasteiger partial charge in [0.05, 0.1) is 31.7 Å². The lowest BCUT2D eigenvalue weighted by Crippen LogP contribution is -2.51. The topological polar surface area (TPSA) is 138 Å². The van der Waals surface area contributed by atoms with Crippen LogP contribution in [0.15, 0.2) is 0 Å². The molecular formula is C13H20O8. The molecule has 3 N–H and O–H groups in total. The highest BCUT2D eigenvalue weighted by molar-refractivity contribution is 6.02. The first-order valence-electron chi connectivity index (χ1n) is 6.26.